The fourth-order valence-electron chi connectivity index (χ4n) is 5.28. The van der Waals surface area contributed by atoms with Crippen molar-refractivity contribution in [2.75, 3.05) is 6.61 Å². The summed E-state index contributed by atoms with van der Waals surface area (Å²) in [5, 5.41) is 12.4. The summed E-state index contributed by atoms with van der Waals surface area (Å²) < 4.78 is 6.29. The van der Waals surface area contributed by atoms with Gasteiger partial charge in [-0.2, -0.15) is 0 Å². The van der Waals surface area contributed by atoms with Crippen LogP contribution in [0, 0.1) is 17.4 Å². The zero-order valence-electron chi connectivity index (χ0n) is 20.4. The van der Waals surface area contributed by atoms with Gasteiger partial charge in [-0.1, -0.05) is 58.2 Å². The van der Waals surface area contributed by atoms with Gasteiger partial charge in [-0.15, -0.1) is 0 Å². The number of nitrogens with one attached hydrogen (secondary N) is 1. The number of hydrogen-bond donors (Lipinski definition) is 2. The summed E-state index contributed by atoms with van der Waals surface area (Å²) in [6.45, 7) is 15.7. The first-order chi connectivity index (χ1) is 16.1. The number of rotatable bonds is 10. The van der Waals surface area contributed by atoms with E-state index in [0.717, 1.165) is 37.8 Å². The van der Waals surface area contributed by atoms with Gasteiger partial charge in [-0.3, -0.25) is 9.78 Å². The highest BCUT2D eigenvalue weighted by Gasteiger charge is 2.64. The number of hydrogen-bond acceptors (Lipinski definition) is 4. The maximum absolute atomic E-state index is 13.0. The maximum atomic E-state index is 13.0. The topological polar surface area (TPSA) is 75.8 Å². The number of aromatic nitrogens is 1. The van der Waals surface area contributed by atoms with Crippen LogP contribution in [0.1, 0.15) is 69.4 Å². The van der Waals surface area contributed by atoms with Crippen molar-refractivity contribution >= 4 is 23.2 Å². The predicted octanol–water partition coefficient (Wildman–Crippen LogP) is 5.99. The summed E-state index contributed by atoms with van der Waals surface area (Å²) in [5.41, 5.74) is 1.29. The van der Waals surface area contributed by atoms with E-state index in [0.29, 0.717) is 22.0 Å². The molecule has 7 heteroatoms. The van der Waals surface area contributed by atoms with Crippen LogP contribution in [0.4, 0.5) is 5.69 Å². The first-order valence-corrected chi connectivity index (χ1v) is 12.2. The molecule has 2 N–H and O–H groups in total. The van der Waals surface area contributed by atoms with Crippen LogP contribution >= 0.6 is 11.6 Å². The van der Waals surface area contributed by atoms with Crippen LogP contribution in [0.15, 0.2) is 36.5 Å². The number of aryl methyl sites for hydroxylation is 1. The molecule has 34 heavy (non-hydrogen) atoms. The van der Waals surface area contributed by atoms with Crippen molar-refractivity contribution in [2.24, 2.45) is 10.8 Å². The lowest BCUT2D eigenvalue weighted by atomic mass is 9.49. The summed E-state index contributed by atoms with van der Waals surface area (Å²) in [6.07, 6.45) is 6.32. The summed E-state index contributed by atoms with van der Waals surface area (Å²) in [6, 6.07) is 8.75. The highest BCUT2D eigenvalue weighted by atomic mass is 35.5. The predicted molar refractivity (Wildman–Crippen MR) is 134 cm³/mol. The van der Waals surface area contributed by atoms with Crippen molar-refractivity contribution in [3.63, 3.8) is 0 Å². The van der Waals surface area contributed by atoms with Gasteiger partial charge in [0.25, 0.3) is 5.91 Å². The number of pyridine rings is 1. The fourth-order valence-corrected chi connectivity index (χ4v) is 5.49. The Bertz CT molecular complexity index is 1030. The average Bonchev–Trinajstić information content (AvgIpc) is 2.81. The van der Waals surface area contributed by atoms with Gasteiger partial charge < -0.3 is 15.2 Å². The van der Waals surface area contributed by atoms with E-state index in [-0.39, 0.29) is 35.5 Å². The molecule has 182 valence electrons. The molecule has 0 saturated heterocycles. The molecule has 1 aromatic heterocycles. The van der Waals surface area contributed by atoms with Crippen LogP contribution in [0.25, 0.3) is 4.85 Å². The van der Waals surface area contributed by atoms with Crippen molar-refractivity contribution in [1.82, 2.24) is 10.3 Å². The van der Waals surface area contributed by atoms with Gasteiger partial charge in [0.2, 0.25) is 5.69 Å². The molecule has 1 aliphatic rings. The molecule has 0 bridgehead atoms. The Hall–Kier alpha value is -2.62. The Morgan fingerprint density at radius 2 is 1.85 bits per heavy atom. The largest absolute Gasteiger partial charge is 0.489 e. The summed E-state index contributed by atoms with van der Waals surface area (Å²) in [5.74, 6) is 0.473. The maximum Gasteiger partial charge on any atom is 0.253 e. The standard InChI is InChI=1S/C27H34ClN3O3/c1-26(2)24(27(3,4)25(26)34-20-13-14-22(29-5)21(28)16-20)31-23(33)18-11-12-19(30-17-18)10-8-6-7-9-15-32/h11-14,16-17,24-25,32H,6-10,15H2,1-4H3,(H,31,33). The van der Waals surface area contributed by atoms with E-state index < -0.39 is 0 Å². The Balaban J connectivity index is 1.60. The van der Waals surface area contributed by atoms with Gasteiger partial charge in [-0.05, 0) is 43.5 Å². The van der Waals surface area contributed by atoms with E-state index in [2.05, 4.69) is 42.8 Å². The molecule has 1 aliphatic carbocycles. The first-order valence-electron chi connectivity index (χ1n) is 11.8. The van der Waals surface area contributed by atoms with Crippen molar-refractivity contribution < 1.29 is 14.6 Å². The molecule has 0 aliphatic heterocycles. The van der Waals surface area contributed by atoms with E-state index in [4.69, 9.17) is 28.0 Å². The Morgan fingerprint density at radius 1 is 1.15 bits per heavy atom. The molecule has 0 radical (unpaired) electrons. The number of aliphatic hydroxyl groups excluding tert-OH is 1. The number of benzene rings is 1. The van der Waals surface area contributed by atoms with Crippen molar-refractivity contribution in [1.29, 1.82) is 0 Å². The average molecular weight is 484 g/mol. The molecule has 1 amide bonds. The third kappa shape index (κ3) is 5.54. The SMILES string of the molecule is [C-]#[N+]c1ccc(OC2C(C)(C)C(NC(=O)c3ccc(CCCCCCO)nc3)C2(C)C)cc1Cl. The van der Waals surface area contributed by atoms with Crippen LogP contribution < -0.4 is 10.1 Å². The van der Waals surface area contributed by atoms with Crippen LogP contribution in [-0.4, -0.2) is 34.8 Å². The van der Waals surface area contributed by atoms with E-state index in [1.165, 1.54) is 0 Å². The number of carbonyl (C=O) groups excluding carboxylic acids is 1. The van der Waals surface area contributed by atoms with Gasteiger partial charge in [0.1, 0.15) is 11.9 Å². The normalized spacial score (nSPS) is 20.1. The molecule has 3 rings (SSSR count). The number of amides is 1. The molecule has 1 fully saturated rings. The van der Waals surface area contributed by atoms with Crippen molar-refractivity contribution in [2.45, 2.75) is 71.9 Å². The van der Waals surface area contributed by atoms with E-state index in [1.54, 1.807) is 24.4 Å². The number of aliphatic hydroxyl groups is 1. The van der Waals surface area contributed by atoms with Crippen LogP contribution in [0.2, 0.25) is 5.02 Å². The van der Waals surface area contributed by atoms with Crippen LogP contribution in [0.3, 0.4) is 0 Å². The summed E-state index contributed by atoms with van der Waals surface area (Å²) in [7, 11) is 0. The smallest absolute Gasteiger partial charge is 0.253 e. The first kappa shape index (κ1) is 26.0. The third-order valence-electron chi connectivity index (χ3n) is 6.84. The van der Waals surface area contributed by atoms with Gasteiger partial charge in [0.05, 0.1) is 17.2 Å². The molecule has 0 spiro atoms. The van der Waals surface area contributed by atoms with Crippen LogP contribution in [0.5, 0.6) is 5.75 Å². The number of carbonyl (C=O) groups is 1. The zero-order chi connectivity index (χ0) is 24.9. The van der Waals surface area contributed by atoms with Crippen molar-refractivity contribution in [3.8, 4) is 5.75 Å². The quantitative estimate of drug-likeness (QED) is 0.321. The number of ether oxygens (including phenoxy) is 1. The highest BCUT2D eigenvalue weighted by Crippen LogP contribution is 2.55. The van der Waals surface area contributed by atoms with Crippen molar-refractivity contribution in [3.05, 3.63) is 64.2 Å². The number of nitrogens with zero attached hydrogens (tertiary/aromatic N) is 2. The lowest BCUT2D eigenvalue weighted by Crippen LogP contribution is -2.74. The van der Waals surface area contributed by atoms with Crippen LogP contribution in [-0.2, 0) is 6.42 Å². The monoisotopic (exact) mass is 483 g/mol. The molecule has 2 aromatic rings. The molecular formula is C27H34ClN3O3. The minimum atomic E-state index is -0.313. The van der Waals surface area contributed by atoms with Gasteiger partial charge in [-0.25, -0.2) is 4.85 Å². The van der Waals surface area contributed by atoms with Gasteiger partial charge in [0, 0.05) is 35.4 Å². The molecule has 1 saturated carbocycles. The molecule has 1 aromatic carbocycles. The summed E-state index contributed by atoms with van der Waals surface area (Å²) in [4.78, 5) is 20.8. The lowest BCUT2D eigenvalue weighted by molar-refractivity contribution is -0.164. The molecule has 1 heterocycles. The molecule has 0 unspecified atom stereocenters. The van der Waals surface area contributed by atoms with E-state index in [9.17, 15) is 4.79 Å². The number of halogens is 1. The minimum Gasteiger partial charge on any atom is -0.489 e. The number of unbranched alkanes of at least 4 members (excludes halogenated alkanes) is 3. The Labute approximate surface area is 207 Å². The summed E-state index contributed by atoms with van der Waals surface area (Å²) >= 11 is 6.18. The Kier molecular flexibility index (Phi) is 8.22. The van der Waals surface area contributed by atoms with Gasteiger partial charge >= 0.3 is 0 Å². The highest BCUT2D eigenvalue weighted by molar-refractivity contribution is 6.33. The second-order valence-corrected chi connectivity index (χ2v) is 10.6. The van der Waals surface area contributed by atoms with E-state index in [1.807, 2.05) is 12.1 Å². The molecule has 6 nitrogen and oxygen atoms in total. The van der Waals surface area contributed by atoms with E-state index >= 15 is 0 Å². The van der Waals surface area contributed by atoms with Gasteiger partial charge in [0.15, 0.2) is 0 Å². The zero-order valence-corrected chi connectivity index (χ0v) is 21.2. The second kappa shape index (κ2) is 10.8. The minimum absolute atomic E-state index is 0.0957. The fraction of sp³-hybridized carbons (Fsp3) is 0.519. The lowest BCUT2D eigenvalue weighted by Gasteiger charge is -2.63. The second-order valence-electron chi connectivity index (χ2n) is 10.2. The molecule has 0 atom stereocenters. The Morgan fingerprint density at radius 3 is 2.44 bits per heavy atom. The third-order valence-corrected chi connectivity index (χ3v) is 7.14. The molecular weight excluding hydrogens is 450 g/mol.